The van der Waals surface area contributed by atoms with E-state index >= 15 is 0 Å². The summed E-state index contributed by atoms with van der Waals surface area (Å²) in [5.41, 5.74) is 0.990. The minimum atomic E-state index is -1.63. The van der Waals surface area contributed by atoms with E-state index in [9.17, 15) is 4.79 Å². The molecule has 4 heteroatoms. The topological polar surface area (TPSA) is 32.7 Å². The first-order chi connectivity index (χ1) is 7.81. The third-order valence-corrected chi connectivity index (χ3v) is 4.80. The van der Waals surface area contributed by atoms with E-state index in [2.05, 4.69) is 43.4 Å². The van der Waals surface area contributed by atoms with Crippen molar-refractivity contribution in [3.63, 3.8) is 0 Å². The summed E-state index contributed by atoms with van der Waals surface area (Å²) < 4.78 is 0. The first-order valence-corrected chi connectivity index (χ1v) is 10.1. The van der Waals surface area contributed by atoms with Gasteiger partial charge in [0, 0.05) is 18.7 Å². The van der Waals surface area contributed by atoms with Crippen LogP contribution in [0.1, 0.15) is 27.2 Å². The molecule has 100 valence electrons. The predicted octanol–water partition coefficient (Wildman–Crippen LogP) is 2.63. The number of likely N-dealkylation sites (N-methyl/N-ethyl adjacent to an activating group) is 1. The molecular weight excluding hydrogens is 228 g/mol. The lowest BCUT2D eigenvalue weighted by molar-refractivity contribution is -0.111. The van der Waals surface area contributed by atoms with Crippen LogP contribution in [0.2, 0.25) is 19.6 Å². The number of aliphatic imine (C=N–C) groups is 1. The minimum Gasteiger partial charge on any atom is -0.305 e. The van der Waals surface area contributed by atoms with Gasteiger partial charge in [0.2, 0.25) is 0 Å². The fourth-order valence-corrected chi connectivity index (χ4v) is 2.26. The van der Waals surface area contributed by atoms with Crippen LogP contribution >= 0.6 is 0 Å². The monoisotopic (exact) mass is 256 g/mol. The summed E-state index contributed by atoms with van der Waals surface area (Å²) in [4.78, 5) is 18.7. The SMILES string of the molecule is CCN(CC)CCN=C(C)CC(=O)[Si](C)(C)C. The van der Waals surface area contributed by atoms with Gasteiger partial charge in [-0.1, -0.05) is 33.5 Å². The van der Waals surface area contributed by atoms with Gasteiger partial charge in [-0.15, -0.1) is 0 Å². The van der Waals surface area contributed by atoms with Crippen molar-refractivity contribution in [3.8, 4) is 0 Å². The molecule has 0 aromatic heterocycles. The quantitative estimate of drug-likeness (QED) is 0.494. The first kappa shape index (κ1) is 16.5. The number of hydrogen-bond acceptors (Lipinski definition) is 3. The van der Waals surface area contributed by atoms with E-state index in [-0.39, 0.29) is 0 Å². The summed E-state index contributed by atoms with van der Waals surface area (Å²) in [5.74, 6) is 0. The molecule has 0 heterocycles. The normalized spacial score (nSPS) is 13.2. The van der Waals surface area contributed by atoms with E-state index in [4.69, 9.17) is 0 Å². The molecule has 0 aliphatic heterocycles. The van der Waals surface area contributed by atoms with E-state index in [0.717, 1.165) is 31.9 Å². The van der Waals surface area contributed by atoms with E-state index in [1.54, 1.807) is 0 Å². The van der Waals surface area contributed by atoms with Crippen molar-refractivity contribution in [2.75, 3.05) is 26.2 Å². The van der Waals surface area contributed by atoms with Gasteiger partial charge in [-0.05, 0) is 20.0 Å². The molecule has 0 aliphatic carbocycles. The molecule has 0 unspecified atom stereocenters. The second kappa shape index (κ2) is 7.77. The van der Waals surface area contributed by atoms with Crippen LogP contribution in [-0.4, -0.2) is 50.3 Å². The molecule has 0 spiro atoms. The van der Waals surface area contributed by atoms with Gasteiger partial charge >= 0.3 is 0 Å². The molecule has 0 aliphatic rings. The molecule has 0 aromatic carbocycles. The maximum atomic E-state index is 11.9. The molecule has 0 N–H and O–H groups in total. The molecule has 0 saturated heterocycles. The van der Waals surface area contributed by atoms with Gasteiger partial charge in [0.25, 0.3) is 0 Å². The lowest BCUT2D eigenvalue weighted by atomic mass is 10.3. The fraction of sp³-hybridized carbons (Fsp3) is 0.846. The number of rotatable bonds is 8. The van der Waals surface area contributed by atoms with E-state index < -0.39 is 8.07 Å². The largest absolute Gasteiger partial charge is 0.305 e. The van der Waals surface area contributed by atoms with Crippen molar-refractivity contribution in [2.45, 2.75) is 46.8 Å². The highest BCUT2D eigenvalue weighted by Crippen LogP contribution is 2.06. The van der Waals surface area contributed by atoms with Crippen LogP contribution in [0.25, 0.3) is 0 Å². The Hall–Kier alpha value is -0.483. The Kier molecular flexibility index (Phi) is 7.55. The molecule has 0 aromatic rings. The van der Waals surface area contributed by atoms with Gasteiger partial charge < -0.3 is 9.69 Å². The summed E-state index contributed by atoms with van der Waals surface area (Å²) >= 11 is 0. The Balaban J connectivity index is 4.07. The van der Waals surface area contributed by atoms with Crippen LogP contribution in [-0.2, 0) is 4.79 Å². The molecule has 0 bridgehead atoms. The van der Waals surface area contributed by atoms with E-state index in [1.807, 2.05) is 6.92 Å². The standard InChI is InChI=1S/C13H28N2OSi/c1-7-15(8-2)10-9-14-12(3)11-13(16)17(4,5)6/h7-11H2,1-6H3. The molecule has 17 heavy (non-hydrogen) atoms. The Bertz CT molecular complexity index is 265. The van der Waals surface area contributed by atoms with Crippen LogP contribution in [0, 0.1) is 0 Å². The summed E-state index contributed by atoms with van der Waals surface area (Å²) in [6.07, 6.45) is 0.550. The van der Waals surface area contributed by atoms with Gasteiger partial charge in [-0.25, -0.2) is 0 Å². The van der Waals surface area contributed by atoms with Gasteiger partial charge in [-0.2, -0.15) is 0 Å². The summed E-state index contributed by atoms with van der Waals surface area (Å²) in [5, 5.41) is 0.404. The van der Waals surface area contributed by atoms with Crippen molar-refractivity contribution in [1.82, 2.24) is 4.90 Å². The van der Waals surface area contributed by atoms with Gasteiger partial charge in [0.1, 0.15) is 13.5 Å². The Morgan fingerprint density at radius 2 is 1.71 bits per heavy atom. The maximum Gasteiger partial charge on any atom is 0.124 e. The lowest BCUT2D eigenvalue weighted by Crippen LogP contribution is -2.34. The second-order valence-corrected chi connectivity index (χ2v) is 10.6. The van der Waals surface area contributed by atoms with Crippen molar-refractivity contribution < 1.29 is 4.79 Å². The highest BCUT2D eigenvalue weighted by atomic mass is 28.3. The van der Waals surface area contributed by atoms with Crippen LogP contribution in [0.4, 0.5) is 0 Å². The molecule has 0 fully saturated rings. The Morgan fingerprint density at radius 1 is 1.18 bits per heavy atom. The van der Waals surface area contributed by atoms with Crippen LogP contribution in [0.5, 0.6) is 0 Å². The number of hydrogen-bond donors (Lipinski definition) is 0. The average molecular weight is 256 g/mol. The molecule has 3 nitrogen and oxygen atoms in total. The zero-order valence-electron chi connectivity index (χ0n) is 12.3. The summed E-state index contributed by atoms with van der Waals surface area (Å²) in [6, 6.07) is 0. The van der Waals surface area contributed by atoms with Crippen LogP contribution in [0.15, 0.2) is 4.99 Å². The molecule has 0 rings (SSSR count). The zero-order valence-corrected chi connectivity index (χ0v) is 13.3. The number of carbonyl (C=O) groups excluding carboxylic acids is 1. The third-order valence-electron chi connectivity index (χ3n) is 2.95. The van der Waals surface area contributed by atoms with Gasteiger partial charge in [0.15, 0.2) is 0 Å². The molecule has 0 saturated carbocycles. The van der Waals surface area contributed by atoms with Crippen molar-refractivity contribution in [3.05, 3.63) is 0 Å². The Labute approximate surface area is 107 Å². The first-order valence-electron chi connectivity index (χ1n) is 6.56. The molecular formula is C13H28N2OSi. The minimum absolute atomic E-state index is 0.404. The van der Waals surface area contributed by atoms with Crippen LogP contribution in [0.3, 0.4) is 0 Å². The fourth-order valence-electron chi connectivity index (χ4n) is 1.48. The van der Waals surface area contributed by atoms with Crippen molar-refractivity contribution in [1.29, 1.82) is 0 Å². The van der Waals surface area contributed by atoms with Gasteiger partial charge in [-0.3, -0.25) is 4.99 Å². The highest BCUT2D eigenvalue weighted by Gasteiger charge is 2.23. The number of carbonyl (C=O) groups is 1. The average Bonchev–Trinajstić information content (AvgIpc) is 2.23. The summed E-state index contributed by atoms with van der Waals surface area (Å²) in [6.45, 7) is 16.5. The second-order valence-electron chi connectivity index (χ2n) is 5.49. The molecule has 0 radical (unpaired) electrons. The van der Waals surface area contributed by atoms with Crippen molar-refractivity contribution in [2.24, 2.45) is 4.99 Å². The summed E-state index contributed by atoms with van der Waals surface area (Å²) in [7, 11) is -1.63. The maximum absolute atomic E-state index is 11.9. The van der Waals surface area contributed by atoms with Crippen molar-refractivity contribution >= 4 is 19.2 Å². The van der Waals surface area contributed by atoms with Gasteiger partial charge in [0.05, 0.1) is 6.54 Å². The molecule has 0 amide bonds. The lowest BCUT2D eigenvalue weighted by Gasteiger charge is -2.17. The van der Waals surface area contributed by atoms with Crippen LogP contribution < -0.4 is 0 Å². The zero-order chi connectivity index (χ0) is 13.5. The van der Waals surface area contributed by atoms with E-state index in [1.165, 1.54) is 0 Å². The third kappa shape index (κ3) is 7.44. The smallest absolute Gasteiger partial charge is 0.124 e. The molecule has 0 atom stereocenters. The number of nitrogens with zero attached hydrogens (tertiary/aromatic N) is 2. The highest BCUT2D eigenvalue weighted by molar-refractivity contribution is 7.03. The van der Waals surface area contributed by atoms with E-state index in [0.29, 0.717) is 11.8 Å². The predicted molar refractivity (Wildman–Crippen MR) is 78.7 cm³/mol. The Morgan fingerprint density at radius 3 is 2.12 bits per heavy atom.